The Labute approximate surface area is 148 Å². The molecule has 1 aromatic carbocycles. The lowest BCUT2D eigenvalue weighted by Crippen LogP contribution is -2.54. The zero-order valence-electron chi connectivity index (χ0n) is 14.4. The van der Waals surface area contributed by atoms with E-state index < -0.39 is 0 Å². The highest BCUT2D eigenvalue weighted by atomic mass is 35.5. The maximum atomic E-state index is 7.94. The minimum Gasteiger partial charge on any atom is -0.361 e. The molecule has 0 saturated heterocycles. The Morgan fingerprint density at radius 2 is 2.12 bits per heavy atom. The second kappa shape index (κ2) is 4.90. The molecule has 0 radical (unpaired) electrons. The van der Waals surface area contributed by atoms with E-state index in [0.717, 1.165) is 6.42 Å². The number of rotatable bonds is 1. The number of alkyl halides is 1. The molecule has 1 saturated carbocycles. The summed E-state index contributed by atoms with van der Waals surface area (Å²) in [6.45, 7) is 18.7. The first kappa shape index (κ1) is 15.8. The van der Waals surface area contributed by atoms with E-state index in [1.165, 1.54) is 22.0 Å². The Morgan fingerprint density at radius 1 is 1.38 bits per heavy atom. The minimum absolute atomic E-state index is 0.00203. The summed E-state index contributed by atoms with van der Waals surface area (Å²) in [7, 11) is 0. The third-order valence-corrected chi connectivity index (χ3v) is 7.49. The fourth-order valence-corrected chi connectivity index (χ4v) is 5.64. The van der Waals surface area contributed by atoms with Crippen molar-refractivity contribution in [1.82, 2.24) is 4.98 Å². The van der Waals surface area contributed by atoms with Crippen LogP contribution in [-0.4, -0.2) is 16.4 Å². The Morgan fingerprint density at radius 3 is 2.79 bits per heavy atom. The molecule has 0 amide bonds. The summed E-state index contributed by atoms with van der Waals surface area (Å²) in [6.07, 6.45) is 4.95. The number of hydrogen-bond acceptors (Lipinski definition) is 0. The van der Waals surface area contributed by atoms with Crippen LogP contribution < -0.4 is 0 Å². The number of fused-ring (bicyclic) bond motifs is 2. The largest absolute Gasteiger partial charge is 0.361 e. The van der Waals surface area contributed by atoms with E-state index >= 15 is 0 Å². The summed E-state index contributed by atoms with van der Waals surface area (Å²) in [5, 5.41) is 1.26. The number of aromatic nitrogens is 1. The van der Waals surface area contributed by atoms with Gasteiger partial charge in [0.15, 0.2) is 0 Å². The topological polar surface area (TPSA) is 20.1 Å². The normalized spacial score (nSPS) is 36.8. The smallest absolute Gasteiger partial charge is 0.240 e. The van der Waals surface area contributed by atoms with E-state index in [0.29, 0.717) is 5.92 Å². The molecule has 24 heavy (non-hydrogen) atoms. The van der Waals surface area contributed by atoms with Crippen LogP contribution in [0.2, 0.25) is 0 Å². The average molecular weight is 339 g/mol. The predicted molar refractivity (Wildman–Crippen MR) is 101 cm³/mol. The predicted octanol–water partition coefficient (Wildman–Crippen LogP) is 5.65. The van der Waals surface area contributed by atoms with Crippen molar-refractivity contribution in [1.29, 1.82) is 0 Å². The number of hydrogen-bond donors (Lipinski definition) is 1. The second-order valence-corrected chi connectivity index (χ2v) is 8.70. The summed E-state index contributed by atoms with van der Waals surface area (Å²) in [4.78, 5) is 7.52. The zero-order valence-corrected chi connectivity index (χ0v) is 15.2. The molecule has 1 fully saturated rings. The van der Waals surface area contributed by atoms with Gasteiger partial charge >= 0.3 is 0 Å². The van der Waals surface area contributed by atoms with E-state index in [2.05, 4.69) is 61.6 Å². The van der Waals surface area contributed by atoms with Crippen molar-refractivity contribution in [3.63, 3.8) is 0 Å². The Hall–Kier alpha value is -1.72. The number of halogens is 1. The number of H-pyrrole nitrogens is 1. The van der Waals surface area contributed by atoms with Gasteiger partial charge in [0.05, 0.1) is 16.7 Å². The highest BCUT2D eigenvalue weighted by Gasteiger charge is 2.60. The van der Waals surface area contributed by atoms with Gasteiger partial charge in [-0.15, -0.1) is 18.2 Å². The van der Waals surface area contributed by atoms with E-state index in [1.807, 2.05) is 6.08 Å². The maximum absolute atomic E-state index is 7.94. The SMILES string of the molecule is [C-]#[N+]C1[C@H]2c3c[nH]c4cccc(c34)C(C)(C)[C@H]2C[C@@H](Cl)[C@@]1(C)C=C. The van der Waals surface area contributed by atoms with Crippen molar-refractivity contribution in [2.24, 2.45) is 11.3 Å². The van der Waals surface area contributed by atoms with Crippen LogP contribution in [0.1, 0.15) is 44.2 Å². The van der Waals surface area contributed by atoms with Crippen LogP contribution in [0, 0.1) is 17.9 Å². The Bertz CT molecular complexity index is 872. The lowest BCUT2D eigenvalue weighted by molar-refractivity contribution is 0.124. The van der Waals surface area contributed by atoms with Gasteiger partial charge in [0, 0.05) is 17.1 Å². The van der Waals surface area contributed by atoms with Gasteiger partial charge in [0.1, 0.15) is 0 Å². The molecule has 1 heterocycles. The van der Waals surface area contributed by atoms with Gasteiger partial charge in [-0.2, -0.15) is 0 Å². The number of aromatic amines is 1. The summed E-state index contributed by atoms with van der Waals surface area (Å²) < 4.78 is 0. The van der Waals surface area contributed by atoms with Gasteiger partial charge in [-0.25, -0.2) is 6.57 Å². The minimum atomic E-state index is -0.365. The summed E-state index contributed by atoms with van der Waals surface area (Å²) >= 11 is 6.83. The molecule has 0 spiro atoms. The van der Waals surface area contributed by atoms with Crippen LogP contribution in [-0.2, 0) is 5.41 Å². The molecule has 2 aromatic rings. The fourth-order valence-electron chi connectivity index (χ4n) is 5.22. The number of benzene rings is 1. The second-order valence-electron chi connectivity index (χ2n) is 8.17. The Kier molecular flexibility index (Phi) is 3.22. The molecular formula is C21H23ClN2. The molecule has 2 nitrogen and oxygen atoms in total. The van der Waals surface area contributed by atoms with Crippen molar-refractivity contribution >= 4 is 22.5 Å². The third-order valence-electron chi connectivity index (χ3n) is 6.84. The van der Waals surface area contributed by atoms with Crippen molar-refractivity contribution in [3.8, 4) is 0 Å². The van der Waals surface area contributed by atoms with Crippen LogP contribution in [0.3, 0.4) is 0 Å². The molecule has 3 heteroatoms. The van der Waals surface area contributed by atoms with Crippen molar-refractivity contribution in [2.45, 2.75) is 49.9 Å². The van der Waals surface area contributed by atoms with Gasteiger partial charge in [-0.05, 0) is 41.9 Å². The average Bonchev–Trinajstić information content (AvgIpc) is 2.99. The van der Waals surface area contributed by atoms with Gasteiger partial charge in [-0.3, -0.25) is 0 Å². The van der Waals surface area contributed by atoms with Gasteiger partial charge in [0.2, 0.25) is 6.04 Å². The van der Waals surface area contributed by atoms with Crippen molar-refractivity contribution < 1.29 is 0 Å². The van der Waals surface area contributed by atoms with Crippen LogP contribution in [0.4, 0.5) is 0 Å². The number of nitrogens with zero attached hydrogens (tertiary/aromatic N) is 1. The van der Waals surface area contributed by atoms with Crippen LogP contribution >= 0.6 is 11.6 Å². The molecule has 0 aliphatic heterocycles. The molecule has 2 aliphatic rings. The summed E-state index contributed by atoms with van der Waals surface area (Å²) in [5.74, 6) is 0.556. The highest BCUT2D eigenvalue weighted by molar-refractivity contribution is 6.21. The first-order chi connectivity index (χ1) is 11.4. The maximum Gasteiger partial charge on any atom is 0.240 e. The first-order valence-electron chi connectivity index (χ1n) is 8.61. The third kappa shape index (κ3) is 1.72. The molecule has 1 unspecified atom stereocenters. The van der Waals surface area contributed by atoms with E-state index in [-0.39, 0.29) is 28.2 Å². The molecule has 124 valence electrons. The van der Waals surface area contributed by atoms with Crippen LogP contribution in [0.5, 0.6) is 0 Å². The quantitative estimate of drug-likeness (QED) is 0.394. The molecule has 5 atom stereocenters. The zero-order chi connectivity index (χ0) is 17.3. The highest BCUT2D eigenvalue weighted by Crippen LogP contribution is 2.60. The lowest BCUT2D eigenvalue weighted by Gasteiger charge is -2.52. The molecular weight excluding hydrogens is 316 g/mol. The fraction of sp³-hybridized carbons (Fsp3) is 0.476. The molecule has 2 aliphatic carbocycles. The van der Waals surface area contributed by atoms with E-state index in [4.69, 9.17) is 18.2 Å². The molecule has 4 rings (SSSR count). The molecule has 0 bridgehead atoms. The first-order valence-corrected chi connectivity index (χ1v) is 9.04. The number of nitrogens with one attached hydrogen (secondary N) is 1. The van der Waals surface area contributed by atoms with Crippen LogP contribution in [0.15, 0.2) is 37.1 Å². The summed E-state index contributed by atoms with van der Waals surface area (Å²) in [6, 6.07) is 6.32. The van der Waals surface area contributed by atoms with Gasteiger partial charge in [-0.1, -0.05) is 32.1 Å². The van der Waals surface area contributed by atoms with Crippen molar-refractivity contribution in [2.75, 3.05) is 0 Å². The van der Waals surface area contributed by atoms with E-state index in [1.54, 1.807) is 0 Å². The van der Waals surface area contributed by atoms with Gasteiger partial charge in [0.25, 0.3) is 0 Å². The monoisotopic (exact) mass is 338 g/mol. The van der Waals surface area contributed by atoms with Crippen molar-refractivity contribution in [3.05, 3.63) is 59.6 Å². The lowest BCUT2D eigenvalue weighted by atomic mass is 9.51. The van der Waals surface area contributed by atoms with E-state index in [9.17, 15) is 0 Å². The molecule has 1 aromatic heterocycles. The standard InChI is InChI=1S/C21H23ClN2/c1-6-21(4)16(22)10-14-18(19(21)23-5)12-11-24-15-9-7-8-13(17(12)15)20(14,2)3/h6-9,11,14,16,18-19,24H,1,10H2,2-4H3/t14-,16+,18-,19?,21+/m0/s1. The molecule has 1 N–H and O–H groups in total. The van der Waals surface area contributed by atoms with Crippen LogP contribution in [0.25, 0.3) is 15.7 Å². The van der Waals surface area contributed by atoms with Gasteiger partial charge < -0.3 is 9.83 Å². The summed E-state index contributed by atoms with van der Waals surface area (Å²) in [5.41, 5.74) is 3.48. The Balaban J connectivity index is 2.03.